The van der Waals surface area contributed by atoms with Crippen molar-refractivity contribution in [1.29, 1.82) is 0 Å². The van der Waals surface area contributed by atoms with Crippen molar-refractivity contribution in [1.82, 2.24) is 9.97 Å². The molecule has 2 fully saturated rings. The summed E-state index contributed by atoms with van der Waals surface area (Å²) in [5.41, 5.74) is 10.4. The number of fused-ring (bicyclic) bond motifs is 1. The van der Waals surface area contributed by atoms with Crippen molar-refractivity contribution >= 4 is 11.5 Å². The minimum atomic E-state index is 0.134. The van der Waals surface area contributed by atoms with Gasteiger partial charge in [-0.25, -0.2) is 9.97 Å². The molecule has 0 saturated carbocycles. The second-order valence-electron chi connectivity index (χ2n) is 12.0. The first-order chi connectivity index (χ1) is 17.8. The van der Waals surface area contributed by atoms with Gasteiger partial charge in [0.15, 0.2) is 5.82 Å². The summed E-state index contributed by atoms with van der Waals surface area (Å²) in [5.74, 6) is 2.74. The van der Waals surface area contributed by atoms with Crippen molar-refractivity contribution in [3.8, 4) is 11.4 Å². The lowest BCUT2D eigenvalue weighted by molar-refractivity contribution is -0.0499. The molecule has 5 nitrogen and oxygen atoms in total. The Morgan fingerprint density at radius 1 is 0.946 bits per heavy atom. The smallest absolute Gasteiger partial charge is 0.162 e. The van der Waals surface area contributed by atoms with E-state index in [0.717, 1.165) is 57.5 Å². The minimum absolute atomic E-state index is 0.134. The SMILES string of the molecule is Cc1ccc(C2(C)COC2)cc1N1CCc2nc(-c3c(C)cccc3C)nc(N3CCCC(C)C3)c2C1. The number of ether oxygens (including phenoxy) is 1. The lowest BCUT2D eigenvalue weighted by Gasteiger charge is -2.40. The van der Waals surface area contributed by atoms with Crippen molar-refractivity contribution in [3.63, 3.8) is 0 Å². The molecular formula is C32H40N4O. The predicted molar refractivity (Wildman–Crippen MR) is 152 cm³/mol. The first-order valence-electron chi connectivity index (χ1n) is 14.0. The third-order valence-electron chi connectivity index (χ3n) is 8.79. The predicted octanol–water partition coefficient (Wildman–Crippen LogP) is 6.16. The molecule has 0 amide bonds. The van der Waals surface area contributed by atoms with E-state index in [-0.39, 0.29) is 5.41 Å². The van der Waals surface area contributed by atoms with Crippen LogP contribution in [0.15, 0.2) is 36.4 Å². The molecule has 4 heterocycles. The van der Waals surface area contributed by atoms with Crippen LogP contribution in [0.2, 0.25) is 0 Å². The number of hydrogen-bond donors (Lipinski definition) is 0. The molecule has 0 spiro atoms. The molecule has 0 radical (unpaired) electrons. The standard InChI is InChI=1S/C32H40N4O/c1-21-8-7-14-36(17-21)31-26-18-35(28-16-25(12-11-22(28)2)32(5)19-37-20-32)15-13-27(26)33-30(34-31)29-23(3)9-6-10-24(29)4/h6,9-12,16,21H,7-8,13-15,17-20H2,1-5H3. The molecule has 1 atom stereocenters. The summed E-state index contributed by atoms with van der Waals surface area (Å²) in [6, 6.07) is 13.5. The highest BCUT2D eigenvalue weighted by Gasteiger charge is 2.36. The quantitative estimate of drug-likeness (QED) is 0.433. The van der Waals surface area contributed by atoms with Gasteiger partial charge in [0, 0.05) is 54.8 Å². The average Bonchev–Trinajstić information content (AvgIpc) is 2.87. The zero-order valence-corrected chi connectivity index (χ0v) is 23.1. The number of aromatic nitrogens is 2. The highest BCUT2D eigenvalue weighted by Crippen LogP contribution is 2.38. The summed E-state index contributed by atoms with van der Waals surface area (Å²) in [6.07, 6.45) is 3.47. The normalized spacial score (nSPS) is 20.9. The molecule has 3 aliphatic heterocycles. The van der Waals surface area contributed by atoms with Gasteiger partial charge < -0.3 is 14.5 Å². The molecule has 194 valence electrons. The molecule has 1 aromatic heterocycles. The van der Waals surface area contributed by atoms with Crippen LogP contribution in [-0.2, 0) is 23.1 Å². The monoisotopic (exact) mass is 496 g/mol. The van der Waals surface area contributed by atoms with E-state index in [0.29, 0.717) is 5.92 Å². The van der Waals surface area contributed by atoms with Gasteiger partial charge in [0.1, 0.15) is 5.82 Å². The van der Waals surface area contributed by atoms with Gasteiger partial charge in [-0.2, -0.15) is 0 Å². The van der Waals surface area contributed by atoms with E-state index in [9.17, 15) is 0 Å². The molecule has 0 bridgehead atoms. The lowest BCUT2D eigenvalue weighted by atomic mass is 9.80. The number of rotatable bonds is 4. The Morgan fingerprint density at radius 2 is 1.73 bits per heavy atom. The van der Waals surface area contributed by atoms with Crippen LogP contribution in [0, 0.1) is 26.7 Å². The molecule has 2 aromatic carbocycles. The summed E-state index contributed by atoms with van der Waals surface area (Å²) in [4.78, 5) is 15.7. The van der Waals surface area contributed by atoms with Gasteiger partial charge in [-0.15, -0.1) is 0 Å². The molecule has 6 rings (SSSR count). The summed E-state index contributed by atoms with van der Waals surface area (Å²) in [5, 5.41) is 0. The van der Waals surface area contributed by atoms with E-state index < -0.39 is 0 Å². The lowest BCUT2D eigenvalue weighted by Crippen LogP contribution is -2.44. The summed E-state index contributed by atoms with van der Waals surface area (Å²) in [7, 11) is 0. The van der Waals surface area contributed by atoms with Crippen LogP contribution in [-0.4, -0.2) is 42.8 Å². The fourth-order valence-electron chi connectivity index (χ4n) is 6.43. The van der Waals surface area contributed by atoms with E-state index in [2.05, 4.69) is 80.8 Å². The molecule has 0 aliphatic carbocycles. The summed E-state index contributed by atoms with van der Waals surface area (Å²) < 4.78 is 5.57. The Bertz CT molecular complexity index is 1310. The van der Waals surface area contributed by atoms with Gasteiger partial charge in [0.25, 0.3) is 0 Å². The van der Waals surface area contributed by atoms with Crippen molar-refractivity contribution in [3.05, 3.63) is 69.9 Å². The Morgan fingerprint density at radius 3 is 2.43 bits per heavy atom. The van der Waals surface area contributed by atoms with Crippen LogP contribution in [0.1, 0.15) is 60.2 Å². The van der Waals surface area contributed by atoms with Crippen LogP contribution < -0.4 is 9.80 Å². The fourth-order valence-corrected chi connectivity index (χ4v) is 6.43. The van der Waals surface area contributed by atoms with E-state index in [1.54, 1.807) is 0 Å². The van der Waals surface area contributed by atoms with Crippen LogP contribution in [0.4, 0.5) is 11.5 Å². The molecule has 3 aromatic rings. The van der Waals surface area contributed by atoms with Crippen LogP contribution in [0.3, 0.4) is 0 Å². The number of anilines is 2. The van der Waals surface area contributed by atoms with Crippen molar-refractivity contribution < 1.29 is 4.74 Å². The molecule has 3 aliphatic rings. The van der Waals surface area contributed by atoms with Gasteiger partial charge in [0.2, 0.25) is 0 Å². The fraction of sp³-hybridized carbons (Fsp3) is 0.500. The van der Waals surface area contributed by atoms with Crippen LogP contribution in [0.25, 0.3) is 11.4 Å². The largest absolute Gasteiger partial charge is 0.379 e. The third kappa shape index (κ3) is 4.41. The van der Waals surface area contributed by atoms with E-state index in [1.807, 2.05) is 0 Å². The molecule has 0 N–H and O–H groups in total. The molecule has 37 heavy (non-hydrogen) atoms. The topological polar surface area (TPSA) is 41.5 Å². The summed E-state index contributed by atoms with van der Waals surface area (Å²) >= 11 is 0. The molecular weight excluding hydrogens is 456 g/mol. The maximum absolute atomic E-state index is 5.57. The zero-order chi connectivity index (χ0) is 25.7. The van der Waals surface area contributed by atoms with Gasteiger partial charge >= 0.3 is 0 Å². The van der Waals surface area contributed by atoms with Crippen molar-refractivity contribution in [2.45, 2.75) is 65.8 Å². The number of benzene rings is 2. The van der Waals surface area contributed by atoms with E-state index >= 15 is 0 Å². The van der Waals surface area contributed by atoms with Crippen LogP contribution >= 0.6 is 0 Å². The van der Waals surface area contributed by atoms with E-state index in [1.165, 1.54) is 57.6 Å². The minimum Gasteiger partial charge on any atom is -0.379 e. The Labute approximate surface area is 221 Å². The van der Waals surface area contributed by atoms with Gasteiger partial charge in [0.05, 0.1) is 18.9 Å². The maximum atomic E-state index is 5.57. The Hall–Kier alpha value is -2.92. The Balaban J connectivity index is 1.42. The molecule has 1 unspecified atom stereocenters. The van der Waals surface area contributed by atoms with Gasteiger partial charge in [-0.05, 0) is 67.9 Å². The highest BCUT2D eigenvalue weighted by atomic mass is 16.5. The summed E-state index contributed by atoms with van der Waals surface area (Å²) in [6.45, 7) is 16.9. The number of nitrogens with zero attached hydrogens (tertiary/aromatic N) is 4. The van der Waals surface area contributed by atoms with Gasteiger partial charge in [-0.1, -0.05) is 44.2 Å². The second-order valence-corrected chi connectivity index (χ2v) is 12.0. The average molecular weight is 497 g/mol. The van der Waals surface area contributed by atoms with Crippen molar-refractivity contribution in [2.24, 2.45) is 5.92 Å². The van der Waals surface area contributed by atoms with E-state index in [4.69, 9.17) is 14.7 Å². The first kappa shape index (κ1) is 24.4. The van der Waals surface area contributed by atoms with Crippen LogP contribution in [0.5, 0.6) is 0 Å². The molecule has 5 heteroatoms. The highest BCUT2D eigenvalue weighted by molar-refractivity contribution is 5.68. The number of aryl methyl sites for hydroxylation is 3. The number of hydrogen-bond acceptors (Lipinski definition) is 5. The maximum Gasteiger partial charge on any atom is 0.162 e. The number of piperidine rings is 1. The van der Waals surface area contributed by atoms with Gasteiger partial charge in [-0.3, -0.25) is 0 Å². The second kappa shape index (κ2) is 9.43. The van der Waals surface area contributed by atoms with Crippen molar-refractivity contribution in [2.75, 3.05) is 42.6 Å². The molecule has 2 saturated heterocycles. The zero-order valence-electron chi connectivity index (χ0n) is 23.1. The third-order valence-corrected chi connectivity index (χ3v) is 8.79. The Kier molecular flexibility index (Phi) is 6.22. The first-order valence-corrected chi connectivity index (χ1v) is 14.0.